The molecular formula is C19H27N3O3. The summed E-state index contributed by atoms with van der Waals surface area (Å²) in [7, 11) is 0. The van der Waals surface area contributed by atoms with Gasteiger partial charge < -0.3 is 19.3 Å². The fraction of sp³-hybridized carbons (Fsp3) is 0.579. The number of fused-ring (bicyclic) bond motifs is 1. The van der Waals surface area contributed by atoms with Crippen LogP contribution in [0.15, 0.2) is 24.3 Å². The number of carbonyl (C=O) groups excluding carboxylic acids is 1. The summed E-state index contributed by atoms with van der Waals surface area (Å²) in [6.07, 6.45) is 2.75. The van der Waals surface area contributed by atoms with E-state index in [-0.39, 0.29) is 18.7 Å². The van der Waals surface area contributed by atoms with Gasteiger partial charge in [0.15, 0.2) is 0 Å². The Kier molecular flexibility index (Phi) is 4.99. The molecule has 0 radical (unpaired) electrons. The number of hydrogen-bond acceptors (Lipinski definition) is 4. The lowest BCUT2D eigenvalue weighted by molar-refractivity contribution is 0.00775. The second-order valence-corrected chi connectivity index (χ2v) is 7.61. The molecular weight excluding hydrogens is 318 g/mol. The fourth-order valence-electron chi connectivity index (χ4n) is 3.41. The van der Waals surface area contributed by atoms with Crippen molar-refractivity contribution in [2.24, 2.45) is 0 Å². The number of aliphatic hydroxyl groups excluding tert-OH is 1. The Morgan fingerprint density at radius 1 is 1.32 bits per heavy atom. The number of nitrogens with zero attached hydrogens (tertiary/aromatic N) is 3. The molecule has 0 aliphatic carbocycles. The molecule has 0 spiro atoms. The van der Waals surface area contributed by atoms with E-state index in [1.54, 1.807) is 0 Å². The van der Waals surface area contributed by atoms with Gasteiger partial charge in [-0.05, 0) is 52.2 Å². The van der Waals surface area contributed by atoms with E-state index in [9.17, 15) is 9.90 Å². The van der Waals surface area contributed by atoms with Crippen molar-refractivity contribution in [2.45, 2.75) is 64.8 Å². The van der Waals surface area contributed by atoms with Crippen molar-refractivity contribution in [3.8, 4) is 0 Å². The molecule has 0 saturated carbocycles. The molecule has 2 aromatic rings. The van der Waals surface area contributed by atoms with Gasteiger partial charge in [-0.1, -0.05) is 12.1 Å². The average molecular weight is 345 g/mol. The lowest BCUT2D eigenvalue weighted by Crippen LogP contribution is -2.48. The molecule has 1 aromatic carbocycles. The standard InChI is InChI=1S/C19H27N3O3/c1-19(2,3)25-18(24)21-11-7-6-8-14(21)12-22-16-10-5-4-9-15(16)20-17(22)13-23/h4-5,9-10,14,23H,6-8,11-13H2,1-3H3/t14-/m1/s1. The highest BCUT2D eigenvalue weighted by atomic mass is 16.6. The first-order valence-electron chi connectivity index (χ1n) is 8.93. The molecule has 1 aliphatic rings. The van der Waals surface area contributed by atoms with Crippen molar-refractivity contribution < 1.29 is 14.6 Å². The minimum atomic E-state index is -0.503. The van der Waals surface area contributed by atoms with Crippen LogP contribution >= 0.6 is 0 Å². The number of hydrogen-bond donors (Lipinski definition) is 1. The fourth-order valence-corrected chi connectivity index (χ4v) is 3.41. The molecule has 1 fully saturated rings. The summed E-state index contributed by atoms with van der Waals surface area (Å²) in [6, 6.07) is 7.90. The van der Waals surface area contributed by atoms with Gasteiger partial charge in [0.05, 0.1) is 17.1 Å². The minimum Gasteiger partial charge on any atom is -0.444 e. The van der Waals surface area contributed by atoms with Gasteiger partial charge >= 0.3 is 6.09 Å². The number of ether oxygens (including phenoxy) is 1. The van der Waals surface area contributed by atoms with Crippen LogP contribution in [0.5, 0.6) is 0 Å². The Balaban J connectivity index is 1.86. The second-order valence-electron chi connectivity index (χ2n) is 7.61. The Morgan fingerprint density at radius 3 is 2.80 bits per heavy atom. The number of carbonyl (C=O) groups is 1. The molecule has 136 valence electrons. The maximum atomic E-state index is 12.6. The van der Waals surface area contributed by atoms with Crippen LogP contribution in [-0.4, -0.2) is 43.8 Å². The van der Waals surface area contributed by atoms with Gasteiger partial charge in [0.25, 0.3) is 0 Å². The molecule has 25 heavy (non-hydrogen) atoms. The number of imidazole rings is 1. The summed E-state index contributed by atoms with van der Waals surface area (Å²) in [5.41, 5.74) is 1.35. The topological polar surface area (TPSA) is 67.6 Å². The maximum Gasteiger partial charge on any atom is 0.410 e. The molecule has 1 saturated heterocycles. The van der Waals surface area contributed by atoms with Gasteiger partial charge in [0.2, 0.25) is 0 Å². The number of amides is 1. The maximum absolute atomic E-state index is 12.6. The van der Waals surface area contributed by atoms with E-state index in [2.05, 4.69) is 4.98 Å². The first-order chi connectivity index (χ1) is 11.9. The molecule has 1 N–H and O–H groups in total. The number of rotatable bonds is 3. The second kappa shape index (κ2) is 7.04. The van der Waals surface area contributed by atoms with Crippen molar-refractivity contribution in [1.29, 1.82) is 0 Å². The van der Waals surface area contributed by atoms with Gasteiger partial charge in [0, 0.05) is 13.1 Å². The van der Waals surface area contributed by atoms with Crippen molar-refractivity contribution >= 4 is 17.1 Å². The lowest BCUT2D eigenvalue weighted by atomic mass is 10.0. The van der Waals surface area contributed by atoms with Crippen LogP contribution in [0.1, 0.15) is 45.9 Å². The minimum absolute atomic E-state index is 0.0477. The van der Waals surface area contributed by atoms with Crippen LogP contribution in [0, 0.1) is 0 Å². The van der Waals surface area contributed by atoms with Crippen molar-refractivity contribution in [3.05, 3.63) is 30.1 Å². The molecule has 2 heterocycles. The predicted octanol–water partition coefficient (Wildman–Crippen LogP) is 3.32. The zero-order valence-corrected chi connectivity index (χ0v) is 15.2. The first kappa shape index (κ1) is 17.7. The number of benzene rings is 1. The molecule has 1 amide bonds. The van der Waals surface area contributed by atoms with Gasteiger partial charge in [-0.2, -0.15) is 0 Å². The number of aliphatic hydroxyl groups is 1. The summed E-state index contributed by atoms with van der Waals surface area (Å²) in [5, 5.41) is 9.69. The molecule has 1 aliphatic heterocycles. The van der Waals surface area contributed by atoms with E-state index < -0.39 is 5.60 Å². The van der Waals surface area contributed by atoms with Crippen LogP contribution in [0.3, 0.4) is 0 Å². The Hall–Kier alpha value is -2.08. The third kappa shape index (κ3) is 3.95. The molecule has 3 rings (SSSR count). The molecule has 6 heteroatoms. The third-order valence-corrected chi connectivity index (χ3v) is 4.52. The summed E-state index contributed by atoms with van der Waals surface area (Å²) in [5.74, 6) is 0.635. The summed E-state index contributed by atoms with van der Waals surface area (Å²) < 4.78 is 7.61. The van der Waals surface area contributed by atoms with Crippen molar-refractivity contribution in [1.82, 2.24) is 14.5 Å². The summed E-state index contributed by atoms with van der Waals surface area (Å²) in [6.45, 7) is 6.87. The third-order valence-electron chi connectivity index (χ3n) is 4.52. The number of likely N-dealkylation sites (tertiary alicyclic amines) is 1. The van der Waals surface area contributed by atoms with Gasteiger partial charge in [0.1, 0.15) is 18.0 Å². The van der Waals surface area contributed by atoms with E-state index in [0.717, 1.165) is 30.3 Å². The normalized spacial score (nSPS) is 18.6. The highest BCUT2D eigenvalue weighted by Crippen LogP contribution is 2.24. The van der Waals surface area contributed by atoms with E-state index >= 15 is 0 Å². The van der Waals surface area contributed by atoms with Crippen LogP contribution in [-0.2, 0) is 17.9 Å². The molecule has 6 nitrogen and oxygen atoms in total. The van der Waals surface area contributed by atoms with Crippen LogP contribution in [0.2, 0.25) is 0 Å². The van der Waals surface area contributed by atoms with Gasteiger partial charge in [-0.3, -0.25) is 0 Å². The average Bonchev–Trinajstić information content (AvgIpc) is 2.92. The van der Waals surface area contributed by atoms with E-state index in [1.165, 1.54) is 0 Å². The molecule has 1 atom stereocenters. The number of piperidine rings is 1. The lowest BCUT2D eigenvalue weighted by Gasteiger charge is -2.37. The van der Waals surface area contributed by atoms with E-state index in [1.807, 2.05) is 54.5 Å². The SMILES string of the molecule is CC(C)(C)OC(=O)N1CCCC[C@@H]1Cn1c(CO)nc2ccccc21. The Bertz CT molecular complexity index is 748. The number of para-hydroxylation sites is 2. The summed E-state index contributed by atoms with van der Waals surface area (Å²) >= 11 is 0. The molecule has 0 unspecified atom stereocenters. The number of aromatic nitrogens is 2. The zero-order valence-electron chi connectivity index (χ0n) is 15.2. The van der Waals surface area contributed by atoms with Gasteiger partial charge in [-0.25, -0.2) is 9.78 Å². The van der Waals surface area contributed by atoms with Crippen LogP contribution in [0.4, 0.5) is 4.79 Å². The summed E-state index contributed by atoms with van der Waals surface area (Å²) in [4.78, 5) is 18.9. The Labute approximate surface area is 148 Å². The van der Waals surface area contributed by atoms with Crippen LogP contribution in [0.25, 0.3) is 11.0 Å². The first-order valence-corrected chi connectivity index (χ1v) is 8.93. The van der Waals surface area contributed by atoms with E-state index in [4.69, 9.17) is 4.74 Å². The van der Waals surface area contributed by atoms with Crippen molar-refractivity contribution in [2.75, 3.05) is 6.54 Å². The quantitative estimate of drug-likeness (QED) is 0.927. The highest BCUT2D eigenvalue weighted by Gasteiger charge is 2.31. The zero-order chi connectivity index (χ0) is 18.0. The van der Waals surface area contributed by atoms with Gasteiger partial charge in [-0.15, -0.1) is 0 Å². The predicted molar refractivity (Wildman–Crippen MR) is 96.2 cm³/mol. The van der Waals surface area contributed by atoms with Crippen molar-refractivity contribution in [3.63, 3.8) is 0 Å². The molecule has 0 bridgehead atoms. The monoisotopic (exact) mass is 345 g/mol. The van der Waals surface area contributed by atoms with Crippen LogP contribution < -0.4 is 0 Å². The Morgan fingerprint density at radius 2 is 2.08 bits per heavy atom. The largest absolute Gasteiger partial charge is 0.444 e. The smallest absolute Gasteiger partial charge is 0.410 e. The highest BCUT2D eigenvalue weighted by molar-refractivity contribution is 5.76. The molecule has 1 aromatic heterocycles. The van der Waals surface area contributed by atoms with E-state index in [0.29, 0.717) is 18.9 Å².